The van der Waals surface area contributed by atoms with Crippen LogP contribution in [0.5, 0.6) is 17.2 Å². The normalized spacial score (nSPS) is 18.7. The molecule has 342 valence electrons. The molecule has 2 aliphatic carbocycles. The number of fused-ring (bicyclic) bond motifs is 11. The van der Waals surface area contributed by atoms with E-state index in [1.165, 1.54) is 10.8 Å². The van der Waals surface area contributed by atoms with E-state index in [2.05, 4.69) is 194 Å². The Hall–Kier alpha value is -6.88. The average Bonchev–Trinajstić information content (AvgIpc) is 3.33. The molecule has 2 unspecified atom stereocenters. The number of aromatic hydroxyl groups is 2. The van der Waals surface area contributed by atoms with Crippen molar-refractivity contribution >= 4 is 38.8 Å². The zero-order chi connectivity index (χ0) is 47.3. The molecule has 7 aromatic rings. The first-order valence-electron chi connectivity index (χ1n) is 24.4. The van der Waals surface area contributed by atoms with Crippen molar-refractivity contribution in [3.63, 3.8) is 0 Å². The van der Waals surface area contributed by atoms with E-state index in [1.54, 1.807) is 0 Å². The van der Waals surface area contributed by atoms with Crippen LogP contribution in [0.3, 0.4) is 0 Å². The maximum Gasteiger partial charge on any atom is 0.131 e. The van der Waals surface area contributed by atoms with Crippen LogP contribution in [0.15, 0.2) is 163 Å². The predicted molar refractivity (Wildman–Crippen MR) is 284 cm³/mol. The van der Waals surface area contributed by atoms with E-state index in [0.717, 1.165) is 101 Å². The van der Waals surface area contributed by atoms with E-state index in [1.807, 2.05) is 18.2 Å². The molecule has 8 bridgehead atoms. The summed E-state index contributed by atoms with van der Waals surface area (Å²) in [7, 11) is 0. The first-order chi connectivity index (χ1) is 32.8. The number of allylic oxidation sites excluding steroid dienone is 7. The highest BCUT2D eigenvalue weighted by Crippen LogP contribution is 2.51. The van der Waals surface area contributed by atoms with Crippen molar-refractivity contribution in [2.75, 3.05) is 19.8 Å². The van der Waals surface area contributed by atoms with Gasteiger partial charge in [-0.2, -0.15) is 0 Å². The molecule has 4 nitrogen and oxygen atoms in total. The van der Waals surface area contributed by atoms with Crippen molar-refractivity contribution in [3.8, 4) is 39.5 Å². The Balaban J connectivity index is 1.31. The lowest BCUT2D eigenvalue weighted by molar-refractivity contribution is 0.107. The van der Waals surface area contributed by atoms with Crippen molar-refractivity contribution in [2.45, 2.75) is 72.1 Å². The smallest absolute Gasteiger partial charge is 0.131 e. The van der Waals surface area contributed by atoms with Gasteiger partial charge in [0.2, 0.25) is 0 Å². The average molecular weight is 895 g/mol. The van der Waals surface area contributed by atoms with Crippen LogP contribution < -0.4 is 15.2 Å². The van der Waals surface area contributed by atoms with Gasteiger partial charge in [-0.15, -0.1) is 0 Å². The molecule has 10 rings (SSSR count). The van der Waals surface area contributed by atoms with Crippen LogP contribution in [-0.2, 0) is 15.6 Å². The molecule has 7 aromatic carbocycles. The lowest BCUT2D eigenvalue weighted by atomic mass is 9.72. The highest BCUT2D eigenvalue weighted by Gasteiger charge is 2.33. The van der Waals surface area contributed by atoms with Gasteiger partial charge < -0.3 is 19.7 Å². The quantitative estimate of drug-likeness (QED) is 0.174. The van der Waals surface area contributed by atoms with Gasteiger partial charge in [0.05, 0.1) is 19.8 Å². The van der Waals surface area contributed by atoms with Gasteiger partial charge in [0.1, 0.15) is 17.2 Å². The fourth-order valence-corrected chi connectivity index (χ4v) is 10.6. The number of rotatable bonds is 3. The van der Waals surface area contributed by atoms with E-state index in [4.69, 9.17) is 9.47 Å². The van der Waals surface area contributed by atoms with E-state index in [9.17, 15) is 10.2 Å². The predicted octanol–water partition coefficient (Wildman–Crippen LogP) is 14.3. The molecule has 0 spiro atoms. The molecule has 2 N–H and O–H groups in total. The maximum absolute atomic E-state index is 13.0. The van der Waals surface area contributed by atoms with Gasteiger partial charge in [-0.05, 0) is 120 Å². The van der Waals surface area contributed by atoms with Crippen LogP contribution in [0.25, 0.3) is 61.0 Å². The van der Waals surface area contributed by atoms with Crippen molar-refractivity contribution < 1.29 is 19.7 Å². The minimum absolute atomic E-state index is 0.0309. The molecule has 0 saturated heterocycles. The van der Waals surface area contributed by atoms with Gasteiger partial charge >= 0.3 is 0 Å². The summed E-state index contributed by atoms with van der Waals surface area (Å²) in [6.07, 6.45) is 17.2. The summed E-state index contributed by atoms with van der Waals surface area (Å²) in [5.41, 5.74) is 10.6. The SMILES string of the molecule is CCC=CC=C1COCC(C)COc2ccccc2-c2cc(C(C)(C)C)cc(c2O)-c2c3ccccc3cc3c(cccc23)C(C)(C)c2cc1c(O)c(C1=c3ccccc3=CC3CC=CC=C13)c2. The molecule has 1 heterocycles. The molecule has 1 aliphatic heterocycles. The first-order valence-corrected chi connectivity index (χ1v) is 24.4. The third kappa shape index (κ3) is 8.09. The number of ether oxygens (including phenoxy) is 2. The number of phenolic OH excluding ortho intramolecular Hbond substituents is 2. The Morgan fingerprint density at radius 3 is 2.31 bits per heavy atom. The van der Waals surface area contributed by atoms with Crippen LogP contribution in [-0.4, -0.2) is 30.0 Å². The first kappa shape index (κ1) is 44.9. The fraction of sp³-hybridized carbons (Fsp3) is 0.250. The fourth-order valence-electron chi connectivity index (χ4n) is 10.6. The largest absolute Gasteiger partial charge is 0.507 e. The minimum atomic E-state index is -0.588. The van der Waals surface area contributed by atoms with E-state index >= 15 is 0 Å². The summed E-state index contributed by atoms with van der Waals surface area (Å²) < 4.78 is 13.3. The van der Waals surface area contributed by atoms with Gasteiger partial charge in [-0.1, -0.05) is 176 Å². The maximum atomic E-state index is 13.0. The third-order valence-electron chi connectivity index (χ3n) is 14.4. The Morgan fingerprint density at radius 1 is 0.735 bits per heavy atom. The number of phenols is 2. The summed E-state index contributed by atoms with van der Waals surface area (Å²) in [6, 6.07) is 43.0. The topological polar surface area (TPSA) is 58.9 Å². The summed E-state index contributed by atoms with van der Waals surface area (Å²) in [5.74, 6) is 1.40. The summed E-state index contributed by atoms with van der Waals surface area (Å²) in [4.78, 5) is 0. The summed E-state index contributed by atoms with van der Waals surface area (Å²) >= 11 is 0. The second-order valence-electron chi connectivity index (χ2n) is 20.6. The van der Waals surface area contributed by atoms with Crippen molar-refractivity contribution in [1.29, 1.82) is 0 Å². The second kappa shape index (κ2) is 18.0. The number of hydrogen-bond donors (Lipinski definition) is 2. The Kier molecular flexibility index (Phi) is 11.9. The van der Waals surface area contributed by atoms with E-state index < -0.39 is 5.41 Å². The van der Waals surface area contributed by atoms with Gasteiger partial charge in [-0.25, -0.2) is 0 Å². The Labute approximate surface area is 401 Å². The summed E-state index contributed by atoms with van der Waals surface area (Å²) in [5, 5.41) is 32.4. The van der Waals surface area contributed by atoms with Crippen molar-refractivity contribution in [2.24, 2.45) is 11.8 Å². The lowest BCUT2D eigenvalue weighted by Crippen LogP contribution is -2.34. The Morgan fingerprint density at radius 2 is 1.47 bits per heavy atom. The molecule has 0 amide bonds. The molecule has 2 atom stereocenters. The number of para-hydroxylation sites is 1. The highest BCUT2D eigenvalue weighted by atomic mass is 16.5. The van der Waals surface area contributed by atoms with Crippen LogP contribution in [0.1, 0.15) is 89.1 Å². The van der Waals surface area contributed by atoms with Gasteiger partial charge in [-0.3, -0.25) is 0 Å². The second-order valence-corrected chi connectivity index (χ2v) is 20.6. The number of hydrogen-bond acceptors (Lipinski definition) is 4. The molecule has 68 heavy (non-hydrogen) atoms. The number of benzene rings is 7. The minimum Gasteiger partial charge on any atom is -0.507 e. The molecular formula is C64H62O4. The standard InChI is InChI=1S/C64H62O4/c1-8-9-10-23-44-39-67-37-40(2)38-68-58-30-18-17-27-50(58)54-33-45(63(3,4)5)34-55(62(54)66)60-49-26-16-13-22-43(49)32-53-51(60)28-19-29-57(53)64(6,7)46-35-52(44)61(65)56(36-46)59-47-24-14-11-20-41(47)31-42-21-12-15-25-48(42)59/h9-20,22-36,40,42,65-66H,8,21,37-39H2,1-7H3. The van der Waals surface area contributed by atoms with E-state index in [0.29, 0.717) is 25.6 Å². The molecule has 0 saturated carbocycles. The molecule has 4 heteroatoms. The van der Waals surface area contributed by atoms with Gasteiger partial charge in [0.15, 0.2) is 0 Å². The third-order valence-corrected chi connectivity index (χ3v) is 14.4. The van der Waals surface area contributed by atoms with Crippen LogP contribution >= 0.6 is 0 Å². The van der Waals surface area contributed by atoms with E-state index in [-0.39, 0.29) is 28.7 Å². The monoisotopic (exact) mass is 894 g/mol. The Bertz CT molecular complexity index is 3390. The van der Waals surface area contributed by atoms with Crippen molar-refractivity contribution in [1.82, 2.24) is 0 Å². The molecule has 3 aliphatic rings. The van der Waals surface area contributed by atoms with Crippen LogP contribution in [0.4, 0.5) is 0 Å². The molecule has 0 aromatic heterocycles. The molecular weight excluding hydrogens is 833 g/mol. The zero-order valence-corrected chi connectivity index (χ0v) is 40.5. The lowest BCUT2D eigenvalue weighted by Gasteiger charge is -2.32. The molecule has 0 fully saturated rings. The zero-order valence-electron chi connectivity index (χ0n) is 40.5. The van der Waals surface area contributed by atoms with Gasteiger partial charge in [0.25, 0.3) is 0 Å². The van der Waals surface area contributed by atoms with Crippen molar-refractivity contribution in [3.05, 3.63) is 202 Å². The molecule has 0 radical (unpaired) electrons. The van der Waals surface area contributed by atoms with Gasteiger partial charge in [0, 0.05) is 50.6 Å². The van der Waals surface area contributed by atoms with Crippen LogP contribution in [0.2, 0.25) is 0 Å². The summed E-state index contributed by atoms with van der Waals surface area (Å²) in [6.45, 7) is 16.7. The highest BCUT2D eigenvalue weighted by molar-refractivity contribution is 6.15. The van der Waals surface area contributed by atoms with Crippen LogP contribution in [0, 0.1) is 11.8 Å².